The van der Waals surface area contributed by atoms with Gasteiger partial charge in [-0.3, -0.25) is 0 Å². The first-order valence-corrected chi connectivity index (χ1v) is 3.54. The smallest absolute Gasteiger partial charge is 0.317 e. The second-order valence-corrected chi connectivity index (χ2v) is 2.54. The maximum absolute atomic E-state index is 11.0. The Hall–Kier alpha value is -1.52. The van der Waals surface area contributed by atoms with E-state index in [4.69, 9.17) is 0 Å². The predicted molar refractivity (Wildman–Crippen MR) is 42.4 cm³/mol. The molecule has 0 aliphatic heterocycles. The lowest BCUT2D eigenvalue weighted by molar-refractivity contribution is 0.216. The zero-order valence-corrected chi connectivity index (χ0v) is 7.07. The SMILES string of the molecule is CN(C)C(=O)NCc1ccon1. The quantitative estimate of drug-likeness (QED) is 0.699. The maximum Gasteiger partial charge on any atom is 0.317 e. The molecular weight excluding hydrogens is 158 g/mol. The van der Waals surface area contributed by atoms with E-state index in [0.29, 0.717) is 12.2 Å². The average molecular weight is 169 g/mol. The minimum absolute atomic E-state index is 0.141. The summed E-state index contributed by atoms with van der Waals surface area (Å²) in [6, 6.07) is 1.56. The summed E-state index contributed by atoms with van der Waals surface area (Å²) < 4.78 is 4.59. The summed E-state index contributed by atoms with van der Waals surface area (Å²) in [7, 11) is 3.36. The molecule has 0 aliphatic rings. The summed E-state index contributed by atoms with van der Waals surface area (Å²) in [4.78, 5) is 12.5. The van der Waals surface area contributed by atoms with Crippen LogP contribution in [0.3, 0.4) is 0 Å². The third-order valence-corrected chi connectivity index (χ3v) is 1.32. The Balaban J connectivity index is 2.32. The number of carbonyl (C=O) groups is 1. The van der Waals surface area contributed by atoms with E-state index in [9.17, 15) is 4.79 Å². The summed E-state index contributed by atoms with van der Waals surface area (Å²) >= 11 is 0. The van der Waals surface area contributed by atoms with Crippen molar-refractivity contribution >= 4 is 6.03 Å². The van der Waals surface area contributed by atoms with Crippen LogP contribution in [-0.4, -0.2) is 30.2 Å². The van der Waals surface area contributed by atoms with Crippen LogP contribution in [0.1, 0.15) is 5.69 Å². The molecule has 0 aromatic carbocycles. The van der Waals surface area contributed by atoms with Gasteiger partial charge in [-0.1, -0.05) is 5.16 Å². The summed E-state index contributed by atoms with van der Waals surface area (Å²) in [5, 5.41) is 6.29. The van der Waals surface area contributed by atoms with Crippen molar-refractivity contribution in [3.05, 3.63) is 18.0 Å². The highest BCUT2D eigenvalue weighted by molar-refractivity contribution is 5.73. The van der Waals surface area contributed by atoms with Crippen LogP contribution in [0.15, 0.2) is 16.9 Å². The van der Waals surface area contributed by atoms with Gasteiger partial charge in [-0.2, -0.15) is 0 Å². The average Bonchev–Trinajstić information content (AvgIpc) is 2.51. The molecule has 1 heterocycles. The summed E-state index contributed by atoms with van der Waals surface area (Å²) in [6.07, 6.45) is 1.47. The van der Waals surface area contributed by atoms with E-state index < -0.39 is 0 Å². The lowest BCUT2D eigenvalue weighted by Gasteiger charge is -2.10. The number of urea groups is 1. The van der Waals surface area contributed by atoms with Crippen molar-refractivity contribution in [3.8, 4) is 0 Å². The van der Waals surface area contributed by atoms with Crippen LogP contribution in [0.25, 0.3) is 0 Å². The largest absolute Gasteiger partial charge is 0.364 e. The summed E-state index contributed by atoms with van der Waals surface area (Å²) in [6.45, 7) is 0.396. The number of nitrogens with one attached hydrogen (secondary N) is 1. The Morgan fingerprint density at radius 1 is 1.75 bits per heavy atom. The number of hydrogen-bond acceptors (Lipinski definition) is 3. The molecule has 12 heavy (non-hydrogen) atoms. The standard InChI is InChI=1S/C7H11N3O2/c1-10(2)7(11)8-5-6-3-4-12-9-6/h3-4H,5H2,1-2H3,(H,8,11). The molecule has 5 nitrogen and oxygen atoms in total. The van der Waals surface area contributed by atoms with Gasteiger partial charge in [0.15, 0.2) is 0 Å². The first-order chi connectivity index (χ1) is 5.70. The number of aromatic nitrogens is 1. The molecule has 1 N–H and O–H groups in total. The van der Waals surface area contributed by atoms with E-state index in [2.05, 4.69) is 15.0 Å². The van der Waals surface area contributed by atoms with Crippen LogP contribution in [-0.2, 0) is 6.54 Å². The normalized spacial score (nSPS) is 9.50. The zero-order chi connectivity index (χ0) is 8.97. The number of hydrogen-bond donors (Lipinski definition) is 1. The van der Waals surface area contributed by atoms with E-state index in [-0.39, 0.29) is 6.03 Å². The maximum atomic E-state index is 11.0. The third kappa shape index (κ3) is 2.26. The third-order valence-electron chi connectivity index (χ3n) is 1.32. The fourth-order valence-electron chi connectivity index (χ4n) is 0.653. The number of amides is 2. The molecule has 0 radical (unpaired) electrons. The molecule has 0 bridgehead atoms. The molecule has 2 amide bonds. The fourth-order valence-corrected chi connectivity index (χ4v) is 0.653. The van der Waals surface area contributed by atoms with Crippen LogP contribution in [0.2, 0.25) is 0 Å². The van der Waals surface area contributed by atoms with Gasteiger partial charge in [0.1, 0.15) is 12.0 Å². The second-order valence-electron chi connectivity index (χ2n) is 2.54. The minimum Gasteiger partial charge on any atom is -0.364 e. The van der Waals surface area contributed by atoms with E-state index in [1.807, 2.05) is 0 Å². The molecular formula is C7H11N3O2. The first kappa shape index (κ1) is 8.58. The topological polar surface area (TPSA) is 58.4 Å². The minimum atomic E-state index is -0.141. The first-order valence-electron chi connectivity index (χ1n) is 3.54. The molecule has 66 valence electrons. The van der Waals surface area contributed by atoms with E-state index in [0.717, 1.165) is 0 Å². The summed E-state index contributed by atoms with van der Waals surface area (Å²) in [5.41, 5.74) is 0.713. The van der Waals surface area contributed by atoms with E-state index in [1.165, 1.54) is 11.2 Å². The molecule has 0 spiro atoms. The molecule has 0 aliphatic carbocycles. The van der Waals surface area contributed by atoms with Gasteiger partial charge in [0.25, 0.3) is 0 Å². The van der Waals surface area contributed by atoms with Crippen molar-refractivity contribution in [1.29, 1.82) is 0 Å². The van der Waals surface area contributed by atoms with Crippen molar-refractivity contribution < 1.29 is 9.32 Å². The zero-order valence-electron chi connectivity index (χ0n) is 7.07. The summed E-state index contributed by atoms with van der Waals surface area (Å²) in [5.74, 6) is 0. The predicted octanol–water partition coefficient (Wildman–Crippen LogP) is 0.446. The Kier molecular flexibility index (Phi) is 2.68. The van der Waals surface area contributed by atoms with Crippen LogP contribution in [0.4, 0.5) is 4.79 Å². The van der Waals surface area contributed by atoms with Crippen molar-refractivity contribution in [2.45, 2.75) is 6.54 Å². The van der Waals surface area contributed by atoms with Gasteiger partial charge < -0.3 is 14.7 Å². The fraction of sp³-hybridized carbons (Fsp3) is 0.429. The van der Waals surface area contributed by atoms with Crippen LogP contribution in [0, 0.1) is 0 Å². The Labute approximate surface area is 70.3 Å². The molecule has 0 saturated heterocycles. The number of nitrogens with zero attached hydrogens (tertiary/aromatic N) is 2. The molecule has 1 aromatic rings. The van der Waals surface area contributed by atoms with E-state index in [1.54, 1.807) is 20.2 Å². The van der Waals surface area contributed by atoms with Crippen LogP contribution in [0.5, 0.6) is 0 Å². The van der Waals surface area contributed by atoms with Crippen molar-refractivity contribution in [2.75, 3.05) is 14.1 Å². The van der Waals surface area contributed by atoms with Crippen LogP contribution >= 0.6 is 0 Å². The number of rotatable bonds is 2. The van der Waals surface area contributed by atoms with Gasteiger partial charge in [0.05, 0.1) is 6.54 Å². The highest BCUT2D eigenvalue weighted by atomic mass is 16.5. The molecule has 0 fully saturated rings. The van der Waals surface area contributed by atoms with Gasteiger partial charge in [-0.15, -0.1) is 0 Å². The van der Waals surface area contributed by atoms with E-state index >= 15 is 0 Å². The van der Waals surface area contributed by atoms with Crippen molar-refractivity contribution in [3.63, 3.8) is 0 Å². The monoisotopic (exact) mass is 169 g/mol. The highest BCUT2D eigenvalue weighted by Crippen LogP contribution is 1.92. The Bertz CT molecular complexity index is 243. The number of carbonyl (C=O) groups excluding carboxylic acids is 1. The van der Waals surface area contributed by atoms with Gasteiger partial charge in [-0.05, 0) is 0 Å². The highest BCUT2D eigenvalue weighted by Gasteiger charge is 2.02. The molecule has 5 heteroatoms. The van der Waals surface area contributed by atoms with Crippen molar-refractivity contribution in [2.24, 2.45) is 0 Å². The Morgan fingerprint density at radius 3 is 3.00 bits per heavy atom. The van der Waals surface area contributed by atoms with Gasteiger partial charge >= 0.3 is 6.03 Å². The van der Waals surface area contributed by atoms with Gasteiger partial charge in [-0.25, -0.2) is 4.79 Å². The molecule has 0 atom stereocenters. The lowest BCUT2D eigenvalue weighted by atomic mass is 10.4. The second kappa shape index (κ2) is 3.75. The van der Waals surface area contributed by atoms with Crippen LogP contribution < -0.4 is 5.32 Å². The lowest BCUT2D eigenvalue weighted by Crippen LogP contribution is -2.33. The Morgan fingerprint density at radius 2 is 2.50 bits per heavy atom. The van der Waals surface area contributed by atoms with Gasteiger partial charge in [0, 0.05) is 20.2 Å². The molecule has 0 saturated carbocycles. The molecule has 1 rings (SSSR count). The van der Waals surface area contributed by atoms with Crippen molar-refractivity contribution in [1.82, 2.24) is 15.4 Å². The van der Waals surface area contributed by atoms with Gasteiger partial charge in [0.2, 0.25) is 0 Å². The molecule has 1 aromatic heterocycles. The molecule has 0 unspecified atom stereocenters.